The lowest BCUT2D eigenvalue weighted by molar-refractivity contribution is -0.131. The number of fused-ring (bicyclic) bond motifs is 5. The topological polar surface area (TPSA) is 55.4 Å². The molecule has 0 radical (unpaired) electrons. The van der Waals surface area contributed by atoms with Crippen molar-refractivity contribution in [3.63, 3.8) is 0 Å². The minimum atomic E-state index is -0.200. The molecule has 1 saturated heterocycles. The molecule has 2 saturated carbocycles. The van der Waals surface area contributed by atoms with Gasteiger partial charge in [-0.1, -0.05) is 36.3 Å². The van der Waals surface area contributed by atoms with Gasteiger partial charge in [0.2, 0.25) is 5.91 Å². The quantitative estimate of drug-likeness (QED) is 0.517. The summed E-state index contributed by atoms with van der Waals surface area (Å²) in [7, 11) is 0. The van der Waals surface area contributed by atoms with E-state index in [1.807, 2.05) is 31.2 Å². The molecule has 0 bridgehead atoms. The monoisotopic (exact) mass is 421 g/mol. The Kier molecular flexibility index (Phi) is 5.02. The van der Waals surface area contributed by atoms with E-state index in [2.05, 4.69) is 25.2 Å². The van der Waals surface area contributed by atoms with Crippen molar-refractivity contribution in [2.75, 3.05) is 0 Å². The zero-order valence-corrected chi connectivity index (χ0v) is 19.1. The van der Waals surface area contributed by atoms with Crippen LogP contribution in [0.1, 0.15) is 81.1 Å². The molecular formula is C27H35NO3. The van der Waals surface area contributed by atoms with Crippen molar-refractivity contribution in [1.29, 1.82) is 0 Å². The molecule has 5 rings (SSSR count). The maximum absolute atomic E-state index is 12.6. The number of nitrogens with one attached hydrogen (secondary N) is 1. The van der Waals surface area contributed by atoms with Gasteiger partial charge in [-0.2, -0.15) is 0 Å². The Balaban J connectivity index is 1.31. The zero-order chi connectivity index (χ0) is 21.8. The second-order valence-electron chi connectivity index (χ2n) is 10.9. The number of carbonyl (C=O) groups excluding carboxylic acids is 2. The minimum absolute atomic E-state index is 0.0208. The molecule has 1 aromatic rings. The van der Waals surface area contributed by atoms with E-state index in [0.717, 1.165) is 44.1 Å². The summed E-state index contributed by atoms with van der Waals surface area (Å²) >= 11 is 0. The van der Waals surface area contributed by atoms with Crippen molar-refractivity contribution in [2.24, 2.45) is 23.2 Å². The number of benzene rings is 1. The molecular weight excluding hydrogens is 386 g/mol. The second kappa shape index (κ2) is 7.50. The Morgan fingerprint density at radius 3 is 2.61 bits per heavy atom. The standard InChI is InChI=1S/C27H35NO3/c1-17-4-6-18(7-5-17)25(30)31-20-12-14-26(2)19(16-20)8-9-21-22(26)13-15-27(3)23(21)10-11-24(29)28-27/h4-8,20-23H,9-16H2,1-3H3,(H,28,29)/t20-,21+,22-,23-,26-,27-/m0/s1. The highest BCUT2D eigenvalue weighted by Gasteiger charge is 2.56. The first-order chi connectivity index (χ1) is 14.8. The number of hydrogen-bond donors (Lipinski definition) is 1. The van der Waals surface area contributed by atoms with Crippen molar-refractivity contribution in [3.8, 4) is 0 Å². The van der Waals surface area contributed by atoms with Crippen LogP contribution < -0.4 is 5.32 Å². The Morgan fingerprint density at radius 1 is 1.06 bits per heavy atom. The number of aryl methyl sites for hydroxylation is 1. The van der Waals surface area contributed by atoms with Crippen LogP contribution in [0.2, 0.25) is 0 Å². The Labute approximate surface area is 185 Å². The first-order valence-electron chi connectivity index (χ1n) is 12.1. The third kappa shape index (κ3) is 3.52. The molecule has 4 heteroatoms. The van der Waals surface area contributed by atoms with Crippen molar-refractivity contribution in [1.82, 2.24) is 5.32 Å². The molecule has 3 fully saturated rings. The fourth-order valence-corrected chi connectivity index (χ4v) is 7.31. The molecule has 1 N–H and O–H groups in total. The third-order valence-corrected chi connectivity index (χ3v) is 9.12. The number of carbonyl (C=O) groups is 2. The molecule has 0 unspecified atom stereocenters. The van der Waals surface area contributed by atoms with E-state index in [0.29, 0.717) is 29.7 Å². The molecule has 6 atom stereocenters. The normalized spacial score (nSPS) is 39.3. The number of ether oxygens (including phenoxy) is 1. The molecule has 4 aliphatic rings. The lowest BCUT2D eigenvalue weighted by Crippen LogP contribution is -2.62. The van der Waals surface area contributed by atoms with Crippen LogP contribution in [0.5, 0.6) is 0 Å². The summed E-state index contributed by atoms with van der Waals surface area (Å²) in [6.45, 7) is 6.75. The van der Waals surface area contributed by atoms with Gasteiger partial charge in [-0.05, 0) is 87.7 Å². The number of hydrogen-bond acceptors (Lipinski definition) is 3. The summed E-state index contributed by atoms with van der Waals surface area (Å²) in [4.78, 5) is 24.7. The van der Waals surface area contributed by atoms with Gasteiger partial charge in [-0.3, -0.25) is 4.79 Å². The summed E-state index contributed by atoms with van der Waals surface area (Å²) in [6.07, 6.45) is 10.4. The molecule has 4 nitrogen and oxygen atoms in total. The summed E-state index contributed by atoms with van der Waals surface area (Å²) in [5, 5.41) is 3.34. The van der Waals surface area contributed by atoms with Crippen LogP contribution in [-0.4, -0.2) is 23.5 Å². The predicted octanol–water partition coefficient (Wildman–Crippen LogP) is 5.35. The molecule has 1 amide bonds. The second-order valence-corrected chi connectivity index (χ2v) is 10.9. The third-order valence-electron chi connectivity index (χ3n) is 9.12. The van der Waals surface area contributed by atoms with E-state index in [-0.39, 0.29) is 28.9 Å². The molecule has 3 aliphatic carbocycles. The van der Waals surface area contributed by atoms with E-state index < -0.39 is 0 Å². The maximum atomic E-state index is 12.6. The fraction of sp³-hybridized carbons (Fsp3) is 0.630. The number of piperidine rings is 1. The van der Waals surface area contributed by atoms with Gasteiger partial charge in [-0.25, -0.2) is 4.79 Å². The van der Waals surface area contributed by atoms with E-state index in [1.165, 1.54) is 12.0 Å². The van der Waals surface area contributed by atoms with Crippen LogP contribution in [0.3, 0.4) is 0 Å². The van der Waals surface area contributed by atoms with Crippen molar-refractivity contribution in [2.45, 2.75) is 83.8 Å². The SMILES string of the molecule is Cc1ccc(C(=O)O[C@H]2CC[C@@]3(C)C(=CC[C@@H]4[C@@H]3CC[C@]3(C)NC(=O)CC[C@@H]43)C2)cc1. The van der Waals surface area contributed by atoms with Gasteiger partial charge in [0.05, 0.1) is 5.56 Å². The first kappa shape index (κ1) is 20.8. The molecule has 1 aliphatic heterocycles. The van der Waals surface area contributed by atoms with Crippen LogP contribution in [-0.2, 0) is 9.53 Å². The van der Waals surface area contributed by atoms with Gasteiger partial charge in [-0.15, -0.1) is 0 Å². The molecule has 31 heavy (non-hydrogen) atoms. The van der Waals surface area contributed by atoms with Crippen LogP contribution in [0.15, 0.2) is 35.9 Å². The largest absolute Gasteiger partial charge is 0.458 e. The summed E-state index contributed by atoms with van der Waals surface area (Å²) in [5.74, 6) is 1.94. The van der Waals surface area contributed by atoms with Crippen molar-refractivity contribution in [3.05, 3.63) is 47.0 Å². The zero-order valence-electron chi connectivity index (χ0n) is 19.1. The highest BCUT2D eigenvalue weighted by atomic mass is 16.5. The van der Waals surface area contributed by atoms with Crippen molar-refractivity contribution >= 4 is 11.9 Å². The van der Waals surface area contributed by atoms with Crippen LogP contribution in [0.4, 0.5) is 0 Å². The van der Waals surface area contributed by atoms with Crippen LogP contribution >= 0.6 is 0 Å². The molecule has 1 aromatic carbocycles. The number of esters is 1. The smallest absolute Gasteiger partial charge is 0.338 e. The van der Waals surface area contributed by atoms with Gasteiger partial charge >= 0.3 is 5.97 Å². The summed E-state index contributed by atoms with van der Waals surface area (Å²) in [6, 6.07) is 7.64. The highest BCUT2D eigenvalue weighted by molar-refractivity contribution is 5.89. The Bertz CT molecular complexity index is 919. The van der Waals surface area contributed by atoms with Gasteiger partial charge in [0.15, 0.2) is 0 Å². The minimum Gasteiger partial charge on any atom is -0.458 e. The van der Waals surface area contributed by atoms with E-state index in [4.69, 9.17) is 4.74 Å². The van der Waals surface area contributed by atoms with Crippen LogP contribution in [0.25, 0.3) is 0 Å². The summed E-state index contributed by atoms with van der Waals surface area (Å²) in [5.41, 5.74) is 3.47. The molecule has 0 aromatic heterocycles. The Hall–Kier alpha value is -2.10. The lowest BCUT2D eigenvalue weighted by atomic mass is 9.48. The van der Waals surface area contributed by atoms with Gasteiger partial charge in [0.25, 0.3) is 0 Å². The van der Waals surface area contributed by atoms with Gasteiger partial charge in [0.1, 0.15) is 6.10 Å². The van der Waals surface area contributed by atoms with Gasteiger partial charge in [0, 0.05) is 18.4 Å². The molecule has 166 valence electrons. The number of amides is 1. The van der Waals surface area contributed by atoms with Crippen molar-refractivity contribution < 1.29 is 14.3 Å². The highest BCUT2D eigenvalue weighted by Crippen LogP contribution is 2.60. The predicted molar refractivity (Wildman–Crippen MR) is 121 cm³/mol. The van der Waals surface area contributed by atoms with E-state index in [9.17, 15) is 9.59 Å². The average molecular weight is 422 g/mol. The molecule has 1 heterocycles. The lowest BCUT2D eigenvalue weighted by Gasteiger charge is -2.59. The average Bonchev–Trinajstić information content (AvgIpc) is 2.73. The van der Waals surface area contributed by atoms with Gasteiger partial charge < -0.3 is 10.1 Å². The first-order valence-corrected chi connectivity index (χ1v) is 12.1. The molecule has 0 spiro atoms. The van der Waals surface area contributed by atoms with Crippen LogP contribution in [0, 0.1) is 30.1 Å². The Morgan fingerprint density at radius 2 is 1.84 bits per heavy atom. The van der Waals surface area contributed by atoms with E-state index >= 15 is 0 Å². The fourth-order valence-electron chi connectivity index (χ4n) is 7.31. The number of allylic oxidation sites excluding steroid dienone is 1. The maximum Gasteiger partial charge on any atom is 0.338 e. The van der Waals surface area contributed by atoms with E-state index in [1.54, 1.807) is 0 Å². The summed E-state index contributed by atoms with van der Waals surface area (Å²) < 4.78 is 5.93. The number of rotatable bonds is 2.